The Balaban J connectivity index is 1.86. The lowest BCUT2D eigenvalue weighted by Crippen LogP contribution is -2.27. The molecule has 2 aromatic carbocycles. The maximum absolute atomic E-state index is 13.0. The van der Waals surface area contributed by atoms with Crippen molar-refractivity contribution < 1.29 is 14.3 Å². The second-order valence-electron chi connectivity index (χ2n) is 7.23. The number of thiocarbonyl (C=S) groups is 1. The number of ether oxygens (including phenoxy) is 2. The zero-order valence-corrected chi connectivity index (χ0v) is 19.5. The molecule has 5 nitrogen and oxygen atoms in total. The predicted molar refractivity (Wildman–Crippen MR) is 130 cm³/mol. The average Bonchev–Trinajstić information content (AvgIpc) is 2.97. The molecule has 1 amide bonds. The van der Waals surface area contributed by atoms with E-state index in [1.54, 1.807) is 4.90 Å². The Labute approximate surface area is 187 Å². The van der Waals surface area contributed by atoms with Gasteiger partial charge in [0.15, 0.2) is 15.8 Å². The van der Waals surface area contributed by atoms with Crippen LogP contribution in [0.4, 0.5) is 11.4 Å². The number of rotatable bonds is 7. The highest BCUT2D eigenvalue weighted by molar-refractivity contribution is 8.27. The lowest BCUT2D eigenvalue weighted by molar-refractivity contribution is -0.113. The van der Waals surface area contributed by atoms with Crippen LogP contribution in [0.2, 0.25) is 0 Å². The minimum Gasteiger partial charge on any atom is -0.490 e. The van der Waals surface area contributed by atoms with Gasteiger partial charge in [0.25, 0.3) is 5.91 Å². The second-order valence-corrected chi connectivity index (χ2v) is 8.91. The summed E-state index contributed by atoms with van der Waals surface area (Å²) in [6, 6.07) is 13.4. The molecule has 7 heteroatoms. The van der Waals surface area contributed by atoms with Gasteiger partial charge < -0.3 is 14.4 Å². The molecule has 0 spiro atoms. The molecule has 1 saturated heterocycles. The molecule has 0 saturated carbocycles. The first-order chi connectivity index (χ1) is 14.3. The van der Waals surface area contributed by atoms with Crippen LogP contribution in [0.3, 0.4) is 0 Å². The van der Waals surface area contributed by atoms with Crippen LogP contribution in [-0.4, -0.2) is 37.0 Å². The third-order valence-corrected chi connectivity index (χ3v) is 5.65. The van der Waals surface area contributed by atoms with Gasteiger partial charge in [0, 0.05) is 19.8 Å². The Kier molecular flexibility index (Phi) is 7.05. The van der Waals surface area contributed by atoms with Crippen molar-refractivity contribution in [3.63, 3.8) is 0 Å². The molecular weight excluding hydrogens is 416 g/mol. The summed E-state index contributed by atoms with van der Waals surface area (Å²) in [7, 11) is 3.96. The maximum atomic E-state index is 13.0. The van der Waals surface area contributed by atoms with Crippen molar-refractivity contribution in [2.45, 2.75) is 26.9 Å². The van der Waals surface area contributed by atoms with Crippen LogP contribution < -0.4 is 19.3 Å². The summed E-state index contributed by atoms with van der Waals surface area (Å²) in [5.41, 5.74) is 2.69. The molecule has 0 aliphatic carbocycles. The fourth-order valence-electron chi connectivity index (χ4n) is 2.98. The van der Waals surface area contributed by atoms with Crippen LogP contribution >= 0.6 is 24.0 Å². The van der Waals surface area contributed by atoms with Crippen LogP contribution in [0.1, 0.15) is 26.3 Å². The number of anilines is 2. The van der Waals surface area contributed by atoms with Gasteiger partial charge in [0.1, 0.15) is 0 Å². The number of carbonyl (C=O) groups excluding carboxylic acids is 1. The van der Waals surface area contributed by atoms with Gasteiger partial charge in [-0.25, -0.2) is 0 Å². The molecule has 2 aromatic rings. The second kappa shape index (κ2) is 9.53. The van der Waals surface area contributed by atoms with E-state index < -0.39 is 0 Å². The number of hydrogen-bond acceptors (Lipinski definition) is 6. The summed E-state index contributed by atoms with van der Waals surface area (Å²) >= 11 is 6.79. The van der Waals surface area contributed by atoms with E-state index in [0.717, 1.165) is 16.9 Å². The summed E-state index contributed by atoms with van der Waals surface area (Å²) < 4.78 is 12.1. The first-order valence-electron chi connectivity index (χ1n) is 9.79. The van der Waals surface area contributed by atoms with E-state index in [2.05, 4.69) is 0 Å². The molecule has 1 heterocycles. The molecule has 30 heavy (non-hydrogen) atoms. The van der Waals surface area contributed by atoms with Gasteiger partial charge >= 0.3 is 0 Å². The van der Waals surface area contributed by atoms with E-state index in [1.807, 2.05) is 88.3 Å². The first-order valence-corrected chi connectivity index (χ1v) is 11.0. The van der Waals surface area contributed by atoms with E-state index in [0.29, 0.717) is 27.3 Å². The summed E-state index contributed by atoms with van der Waals surface area (Å²) in [4.78, 5) is 17.2. The van der Waals surface area contributed by atoms with Gasteiger partial charge in [-0.15, -0.1) is 0 Å². The number of carbonyl (C=O) groups is 1. The maximum Gasteiger partial charge on any atom is 0.270 e. The smallest absolute Gasteiger partial charge is 0.270 e. The van der Waals surface area contributed by atoms with E-state index in [1.165, 1.54) is 11.8 Å². The first kappa shape index (κ1) is 22.2. The van der Waals surface area contributed by atoms with Gasteiger partial charge in [0.05, 0.1) is 23.3 Å². The molecule has 0 unspecified atom stereocenters. The molecule has 1 fully saturated rings. The van der Waals surface area contributed by atoms with Gasteiger partial charge in [-0.2, -0.15) is 0 Å². The van der Waals surface area contributed by atoms with Crippen LogP contribution in [0.25, 0.3) is 6.08 Å². The lowest BCUT2D eigenvalue weighted by Gasteiger charge is -2.17. The Hall–Kier alpha value is -2.51. The SMILES string of the molecule is CCOc1cc(/C=C2/SC(=S)N(c3ccc(N(C)C)cc3)C2=O)ccc1OC(C)C. The molecular formula is C23H26N2O3S2. The number of thioether (sulfide) groups is 1. The van der Waals surface area contributed by atoms with E-state index in [-0.39, 0.29) is 12.0 Å². The van der Waals surface area contributed by atoms with Gasteiger partial charge in [-0.3, -0.25) is 9.69 Å². The van der Waals surface area contributed by atoms with Crippen molar-refractivity contribution in [2.24, 2.45) is 0 Å². The van der Waals surface area contributed by atoms with E-state index in [4.69, 9.17) is 21.7 Å². The van der Waals surface area contributed by atoms with Gasteiger partial charge in [-0.1, -0.05) is 30.0 Å². The van der Waals surface area contributed by atoms with Crippen molar-refractivity contribution >= 4 is 51.7 Å². The summed E-state index contributed by atoms with van der Waals surface area (Å²) in [5, 5.41) is 0. The summed E-state index contributed by atoms with van der Waals surface area (Å²) in [5.74, 6) is 1.23. The number of hydrogen-bond donors (Lipinski definition) is 0. The van der Waals surface area contributed by atoms with Crippen molar-refractivity contribution in [1.82, 2.24) is 0 Å². The quantitative estimate of drug-likeness (QED) is 0.426. The molecule has 1 aliphatic heterocycles. The minimum atomic E-state index is -0.122. The summed E-state index contributed by atoms with van der Waals surface area (Å²) in [6.45, 7) is 6.40. The van der Waals surface area contributed by atoms with Gasteiger partial charge in [-0.05, 0) is 68.8 Å². The zero-order chi connectivity index (χ0) is 21.8. The fourth-order valence-corrected chi connectivity index (χ4v) is 4.27. The largest absolute Gasteiger partial charge is 0.490 e. The van der Waals surface area contributed by atoms with E-state index >= 15 is 0 Å². The van der Waals surface area contributed by atoms with Crippen LogP contribution in [0.15, 0.2) is 47.4 Å². The number of amides is 1. The van der Waals surface area contributed by atoms with Crippen molar-refractivity contribution in [2.75, 3.05) is 30.5 Å². The molecule has 158 valence electrons. The van der Waals surface area contributed by atoms with Crippen LogP contribution in [0, 0.1) is 0 Å². The minimum absolute atomic E-state index is 0.0465. The monoisotopic (exact) mass is 442 g/mol. The Morgan fingerprint density at radius 1 is 1.13 bits per heavy atom. The van der Waals surface area contributed by atoms with Crippen molar-refractivity contribution in [1.29, 1.82) is 0 Å². The Bertz CT molecular complexity index is 969. The molecule has 0 N–H and O–H groups in total. The molecule has 1 aliphatic rings. The van der Waals surface area contributed by atoms with Gasteiger partial charge in [0.2, 0.25) is 0 Å². The summed E-state index contributed by atoms with van der Waals surface area (Å²) in [6.07, 6.45) is 1.89. The lowest BCUT2D eigenvalue weighted by atomic mass is 10.1. The Morgan fingerprint density at radius 3 is 2.43 bits per heavy atom. The fraction of sp³-hybridized carbons (Fsp3) is 0.304. The molecule has 0 bridgehead atoms. The van der Waals surface area contributed by atoms with Crippen molar-refractivity contribution in [3.05, 3.63) is 52.9 Å². The van der Waals surface area contributed by atoms with Crippen LogP contribution in [-0.2, 0) is 4.79 Å². The number of nitrogens with zero attached hydrogens (tertiary/aromatic N) is 2. The average molecular weight is 443 g/mol. The Morgan fingerprint density at radius 2 is 1.83 bits per heavy atom. The normalized spacial score (nSPS) is 15.3. The molecule has 0 radical (unpaired) electrons. The van der Waals surface area contributed by atoms with Crippen molar-refractivity contribution in [3.8, 4) is 11.5 Å². The third-order valence-electron chi connectivity index (χ3n) is 4.35. The topological polar surface area (TPSA) is 42.0 Å². The highest BCUT2D eigenvalue weighted by Crippen LogP contribution is 2.37. The van der Waals surface area contributed by atoms with E-state index in [9.17, 15) is 4.79 Å². The molecule has 0 atom stereocenters. The molecule has 0 aromatic heterocycles. The standard InChI is InChI=1S/C23H26N2O3S2/c1-6-27-20-13-16(7-12-19(20)28-15(2)3)14-21-22(26)25(23(29)30-21)18-10-8-17(9-11-18)24(4)5/h7-15H,6H2,1-5H3/b21-14+. The predicted octanol–water partition coefficient (Wildman–Crippen LogP) is 5.34. The highest BCUT2D eigenvalue weighted by Gasteiger charge is 2.33. The third kappa shape index (κ3) is 4.96. The number of benzene rings is 2. The zero-order valence-electron chi connectivity index (χ0n) is 17.8. The highest BCUT2D eigenvalue weighted by atomic mass is 32.2. The molecule has 3 rings (SSSR count). The van der Waals surface area contributed by atoms with Crippen LogP contribution in [0.5, 0.6) is 11.5 Å².